The topological polar surface area (TPSA) is 8.81 Å². The van der Waals surface area contributed by atoms with Crippen LogP contribution in [0.3, 0.4) is 0 Å². The quantitative estimate of drug-likeness (QED) is 0.284. The summed E-state index contributed by atoms with van der Waals surface area (Å²) in [5, 5.41) is 0. The van der Waals surface area contributed by atoms with Gasteiger partial charge in [-0.15, -0.1) is 11.8 Å². The summed E-state index contributed by atoms with van der Waals surface area (Å²) in [5.74, 6) is -0.104. The molecule has 0 aliphatic carbocycles. The molecule has 0 N–H and O–H groups in total. The van der Waals surface area contributed by atoms with E-state index in [0.717, 1.165) is 18.0 Å². The molecule has 0 aromatic carbocycles. The Labute approximate surface area is 122 Å². The number of aromatic nitrogens is 2. The molecule has 9 heteroatoms. The van der Waals surface area contributed by atoms with Crippen LogP contribution in [0.4, 0.5) is 17.6 Å². The molecule has 0 radical (unpaired) electrons. The molecule has 0 aliphatic heterocycles. The third kappa shape index (κ3) is 3.31. The molecule has 2 nitrogen and oxygen atoms in total. The number of thiocarbonyl (C=S) groups is 1. The average molecular weight is 400 g/mol. The van der Waals surface area contributed by atoms with Gasteiger partial charge in [0.1, 0.15) is 12.4 Å². The van der Waals surface area contributed by atoms with E-state index in [-0.39, 0.29) is 38.6 Å². The number of halogens is 5. The minimum atomic E-state index is -4.25. The molecule has 0 atom stereocenters. The van der Waals surface area contributed by atoms with Crippen LogP contribution in [0.1, 0.15) is 5.82 Å². The van der Waals surface area contributed by atoms with Crippen molar-refractivity contribution >= 4 is 28.2 Å². The Balaban J connectivity index is 0.00000256. The Bertz CT molecular complexity index is 408. The molecule has 0 spiro atoms. The number of imidazole rings is 1. The number of alkyl halides is 4. The van der Waals surface area contributed by atoms with Crippen molar-refractivity contribution < 1.29 is 46.1 Å². The first kappa shape index (κ1) is 17.1. The first-order valence-electron chi connectivity index (χ1n) is 4.14. The maximum absolute atomic E-state index is 13.2. The van der Waals surface area contributed by atoms with Gasteiger partial charge in [0.25, 0.3) is 0 Å². The lowest BCUT2D eigenvalue weighted by Crippen LogP contribution is -3.00. The molecule has 0 aliphatic rings. The second-order valence-corrected chi connectivity index (χ2v) is 4.47. The molecule has 1 rings (SSSR count). The van der Waals surface area contributed by atoms with Crippen molar-refractivity contribution in [1.29, 1.82) is 0 Å². The number of hydrogen-bond donors (Lipinski definition) is 0. The van der Waals surface area contributed by atoms with Crippen molar-refractivity contribution in [1.82, 2.24) is 4.57 Å². The third-order valence-corrected chi connectivity index (χ3v) is 3.19. The molecule has 0 bridgehead atoms. The number of thioether (sulfide) groups is 1. The van der Waals surface area contributed by atoms with Crippen LogP contribution in [0.5, 0.6) is 0 Å². The molecule has 0 saturated heterocycles. The predicted molar refractivity (Wildman–Crippen MR) is 57.0 cm³/mol. The van der Waals surface area contributed by atoms with E-state index in [1.54, 1.807) is 6.26 Å². The second-order valence-electron chi connectivity index (χ2n) is 2.98. The van der Waals surface area contributed by atoms with Crippen molar-refractivity contribution in [2.45, 2.75) is 12.5 Å². The fourth-order valence-electron chi connectivity index (χ4n) is 1.16. The smallest absolute Gasteiger partial charge is 0.459 e. The van der Waals surface area contributed by atoms with Gasteiger partial charge in [0.2, 0.25) is 0 Å². The molecule has 17 heavy (non-hydrogen) atoms. The van der Waals surface area contributed by atoms with E-state index in [1.807, 2.05) is 0 Å². The van der Waals surface area contributed by atoms with Gasteiger partial charge in [-0.1, -0.05) is 12.2 Å². The predicted octanol–water partition coefficient (Wildman–Crippen LogP) is -0.830. The summed E-state index contributed by atoms with van der Waals surface area (Å²) in [7, 11) is 1.47. The summed E-state index contributed by atoms with van der Waals surface area (Å²) < 4.78 is 52.4. The molecular formula is C8H9F4IN2S2. The van der Waals surface area contributed by atoms with Crippen LogP contribution in [-0.4, -0.2) is 21.4 Å². The van der Waals surface area contributed by atoms with Crippen molar-refractivity contribution in [2.75, 3.05) is 6.26 Å². The summed E-state index contributed by atoms with van der Waals surface area (Å²) in [5.41, 5.74) is 0. The van der Waals surface area contributed by atoms with E-state index in [4.69, 9.17) is 12.2 Å². The van der Waals surface area contributed by atoms with E-state index in [1.165, 1.54) is 17.8 Å². The van der Waals surface area contributed by atoms with Gasteiger partial charge in [-0.25, -0.2) is 4.57 Å². The average Bonchev–Trinajstić information content (AvgIpc) is 2.59. The highest BCUT2D eigenvalue weighted by atomic mass is 127. The van der Waals surface area contributed by atoms with Crippen molar-refractivity contribution in [3.05, 3.63) is 18.2 Å². The lowest BCUT2D eigenvalue weighted by molar-refractivity contribution is -0.672. The highest BCUT2D eigenvalue weighted by Crippen LogP contribution is 2.30. The van der Waals surface area contributed by atoms with Gasteiger partial charge in [-0.3, -0.25) is 0 Å². The molecule has 98 valence electrons. The molecule has 0 unspecified atom stereocenters. The minimum absolute atomic E-state index is 0. The molecular weight excluding hydrogens is 391 g/mol. The van der Waals surface area contributed by atoms with Gasteiger partial charge < -0.3 is 24.0 Å². The largest absolute Gasteiger partial charge is 1.00 e. The van der Waals surface area contributed by atoms with E-state index in [2.05, 4.69) is 0 Å². The van der Waals surface area contributed by atoms with Gasteiger partial charge in [0.05, 0.1) is 7.05 Å². The molecule has 0 amide bonds. The Morgan fingerprint density at radius 1 is 1.53 bits per heavy atom. The summed E-state index contributed by atoms with van der Waals surface area (Å²) in [6.07, 6.45) is -0.0264. The molecule has 0 fully saturated rings. The van der Waals surface area contributed by atoms with Gasteiger partial charge in [-0.2, -0.15) is 22.1 Å². The number of rotatable bonds is 3. The van der Waals surface area contributed by atoms with Crippen LogP contribution in [0.2, 0.25) is 0 Å². The molecule has 1 aromatic rings. The summed E-state index contributed by atoms with van der Waals surface area (Å²) in [6, 6.07) is -4.25. The molecule has 1 heterocycles. The third-order valence-electron chi connectivity index (χ3n) is 1.95. The van der Waals surface area contributed by atoms with Gasteiger partial charge in [0.15, 0.2) is 4.20 Å². The van der Waals surface area contributed by atoms with Crippen LogP contribution in [0.25, 0.3) is 0 Å². The van der Waals surface area contributed by atoms with Crippen molar-refractivity contribution in [3.8, 4) is 0 Å². The maximum Gasteiger partial charge on any atom is 0.459 e. The van der Waals surface area contributed by atoms with Crippen LogP contribution < -0.4 is 28.5 Å². The fraction of sp³-hybridized carbons (Fsp3) is 0.500. The Kier molecular flexibility index (Phi) is 6.36. The Morgan fingerprint density at radius 2 is 2.06 bits per heavy atom. The highest BCUT2D eigenvalue weighted by Gasteiger charge is 2.50. The highest BCUT2D eigenvalue weighted by molar-refractivity contribution is 8.23. The number of nitrogens with zero attached hydrogens (tertiary/aromatic N) is 2. The Hall–Kier alpha value is 0.1000. The van der Waals surface area contributed by atoms with Crippen LogP contribution in [0.15, 0.2) is 12.4 Å². The van der Waals surface area contributed by atoms with Crippen LogP contribution >= 0.6 is 24.0 Å². The number of hydrogen-bond acceptors (Lipinski definition) is 2. The van der Waals surface area contributed by atoms with E-state index >= 15 is 0 Å². The van der Waals surface area contributed by atoms with Crippen LogP contribution in [0, 0.1) is 0 Å². The zero-order valence-corrected chi connectivity index (χ0v) is 12.6. The Morgan fingerprint density at radius 3 is 2.47 bits per heavy atom. The van der Waals surface area contributed by atoms with E-state index in [9.17, 15) is 17.6 Å². The van der Waals surface area contributed by atoms with Gasteiger partial charge >= 0.3 is 18.3 Å². The zero-order chi connectivity index (χ0) is 12.5. The lowest BCUT2D eigenvalue weighted by atomic mass is 10.5. The zero-order valence-electron chi connectivity index (χ0n) is 8.83. The van der Waals surface area contributed by atoms with Gasteiger partial charge in [0, 0.05) is 0 Å². The van der Waals surface area contributed by atoms with E-state index in [0.29, 0.717) is 0 Å². The van der Waals surface area contributed by atoms with Crippen molar-refractivity contribution in [2.24, 2.45) is 7.05 Å². The summed E-state index contributed by atoms with van der Waals surface area (Å²) in [4.78, 5) is 0. The monoisotopic (exact) mass is 400 g/mol. The van der Waals surface area contributed by atoms with E-state index < -0.39 is 12.5 Å². The first-order valence-corrected chi connectivity index (χ1v) is 5.77. The standard InChI is InChI=1S/C8H9F4N2S2.HI/c1-13-3-4-14(5(13)6(15)16-2)8(11,12)7(9)10;/h3-4,7H,1-2H3;1H/q+1;/p-1. The normalized spacial score (nSPS) is 11.5. The molecule has 1 aromatic heterocycles. The summed E-state index contributed by atoms with van der Waals surface area (Å²) in [6.45, 7) is 0. The van der Waals surface area contributed by atoms with Crippen LogP contribution in [-0.2, 0) is 13.1 Å². The van der Waals surface area contributed by atoms with Crippen molar-refractivity contribution in [3.63, 3.8) is 0 Å². The lowest BCUT2D eigenvalue weighted by Gasteiger charge is -2.13. The second kappa shape index (κ2) is 6.32. The first-order chi connectivity index (χ1) is 7.32. The minimum Gasteiger partial charge on any atom is -1.00 e. The number of aryl methyl sites for hydroxylation is 1. The maximum atomic E-state index is 13.2. The molecule has 0 saturated carbocycles. The fourth-order valence-corrected chi connectivity index (χ4v) is 1.82. The van der Waals surface area contributed by atoms with Gasteiger partial charge in [-0.05, 0) is 6.26 Å². The SMILES string of the molecule is CSC(=S)c1n(C(F)(F)C(F)F)cc[n+]1C.[I-]. The summed E-state index contributed by atoms with van der Waals surface area (Å²) >= 11 is 5.90.